The van der Waals surface area contributed by atoms with Crippen LogP contribution in [0.25, 0.3) is 0 Å². The summed E-state index contributed by atoms with van der Waals surface area (Å²) in [4.78, 5) is 0. The molecule has 0 spiro atoms. The smallest absolute Gasteiger partial charge is 0.0609 e. The Hall–Kier alpha value is -0.0400. The van der Waals surface area contributed by atoms with Crippen molar-refractivity contribution in [2.24, 2.45) is 0 Å². The van der Waals surface area contributed by atoms with Gasteiger partial charge in [-0.15, -0.1) is 0 Å². The van der Waals surface area contributed by atoms with Crippen LogP contribution >= 0.6 is 0 Å². The Morgan fingerprint density at radius 3 is 2.85 bits per heavy atom. The number of unbranched alkanes of at least 4 members (excludes halogenated alkanes) is 3. The third-order valence-corrected chi connectivity index (χ3v) is 2.53. The molecule has 1 atom stereocenters. The van der Waals surface area contributed by atoms with Crippen molar-refractivity contribution in [1.82, 2.24) is 0 Å². The molecule has 76 valence electrons. The zero-order valence-corrected chi connectivity index (χ0v) is 8.80. The van der Waals surface area contributed by atoms with Gasteiger partial charge in [-0.05, 0) is 38.5 Å². The molecule has 1 fully saturated rings. The van der Waals surface area contributed by atoms with Gasteiger partial charge in [0.1, 0.15) is 0 Å². The summed E-state index contributed by atoms with van der Waals surface area (Å²) >= 11 is 0. The largest absolute Gasteiger partial charge is 0.378 e. The molecule has 0 bridgehead atoms. The van der Waals surface area contributed by atoms with Gasteiger partial charge in [-0.3, -0.25) is 0 Å². The Morgan fingerprint density at radius 1 is 1.23 bits per heavy atom. The second kappa shape index (κ2) is 7.37. The van der Waals surface area contributed by atoms with Gasteiger partial charge in [0.15, 0.2) is 0 Å². The van der Waals surface area contributed by atoms with Crippen LogP contribution in [0.5, 0.6) is 0 Å². The lowest BCUT2D eigenvalue weighted by atomic mass is 9.98. The van der Waals surface area contributed by atoms with Crippen LogP contribution in [0.2, 0.25) is 0 Å². The van der Waals surface area contributed by atoms with Crippen molar-refractivity contribution in [3.05, 3.63) is 12.8 Å². The monoisotopic (exact) mass is 182 g/mol. The highest BCUT2D eigenvalue weighted by molar-refractivity contribution is 4.89. The first kappa shape index (κ1) is 11.0. The summed E-state index contributed by atoms with van der Waals surface area (Å²) in [7, 11) is 0. The Morgan fingerprint density at radius 2 is 2.15 bits per heavy atom. The maximum atomic E-state index is 5.74. The zero-order chi connectivity index (χ0) is 9.36. The van der Waals surface area contributed by atoms with Gasteiger partial charge in [0.2, 0.25) is 0 Å². The van der Waals surface area contributed by atoms with E-state index in [9.17, 15) is 0 Å². The molecule has 0 aromatic carbocycles. The lowest BCUT2D eigenvalue weighted by Crippen LogP contribution is -2.18. The molecule has 0 saturated heterocycles. The highest BCUT2D eigenvalue weighted by Crippen LogP contribution is 2.18. The van der Waals surface area contributed by atoms with E-state index >= 15 is 0 Å². The highest BCUT2D eigenvalue weighted by atomic mass is 16.5. The van der Waals surface area contributed by atoms with Crippen LogP contribution in [0.4, 0.5) is 0 Å². The average molecular weight is 182 g/mol. The number of ether oxygens (including phenoxy) is 1. The predicted octanol–water partition coefficient (Wildman–Crippen LogP) is 3.54. The first-order valence-electron chi connectivity index (χ1n) is 5.70. The van der Waals surface area contributed by atoms with Gasteiger partial charge in [0.05, 0.1) is 6.10 Å². The van der Waals surface area contributed by atoms with E-state index in [1.807, 2.05) is 0 Å². The number of hydrogen-bond donors (Lipinski definition) is 0. The van der Waals surface area contributed by atoms with Gasteiger partial charge in [0.25, 0.3) is 0 Å². The lowest BCUT2D eigenvalue weighted by molar-refractivity contribution is 0.0638. The van der Waals surface area contributed by atoms with Crippen LogP contribution in [0.3, 0.4) is 0 Å². The summed E-state index contributed by atoms with van der Waals surface area (Å²) in [5.41, 5.74) is 0. The maximum Gasteiger partial charge on any atom is 0.0609 e. The fourth-order valence-electron chi connectivity index (χ4n) is 1.68. The summed E-state index contributed by atoms with van der Waals surface area (Å²) in [6, 6.07) is 0. The zero-order valence-electron chi connectivity index (χ0n) is 8.80. The maximum absolute atomic E-state index is 5.74. The minimum atomic E-state index is 0.426. The van der Waals surface area contributed by atoms with Crippen molar-refractivity contribution in [1.29, 1.82) is 0 Å². The van der Waals surface area contributed by atoms with Gasteiger partial charge in [-0.1, -0.05) is 26.2 Å². The van der Waals surface area contributed by atoms with Crippen molar-refractivity contribution < 1.29 is 4.74 Å². The molecule has 1 nitrogen and oxygen atoms in total. The van der Waals surface area contributed by atoms with Crippen molar-refractivity contribution in [3.8, 4) is 0 Å². The third-order valence-electron chi connectivity index (χ3n) is 2.53. The summed E-state index contributed by atoms with van der Waals surface area (Å²) in [5, 5.41) is 0. The van der Waals surface area contributed by atoms with E-state index < -0.39 is 0 Å². The van der Waals surface area contributed by atoms with E-state index in [0.29, 0.717) is 6.10 Å². The van der Waals surface area contributed by atoms with Crippen molar-refractivity contribution >= 4 is 0 Å². The molecular weight excluding hydrogens is 160 g/mol. The molecule has 0 aromatic heterocycles. The summed E-state index contributed by atoms with van der Waals surface area (Å²) in [6.07, 6.45) is 13.9. The first-order valence-corrected chi connectivity index (χ1v) is 5.70. The molecule has 1 aliphatic carbocycles. The molecule has 0 heterocycles. The fraction of sp³-hybridized carbons (Fsp3) is 0.833. The van der Waals surface area contributed by atoms with Crippen LogP contribution in [0.1, 0.15) is 51.9 Å². The average Bonchev–Trinajstić information content (AvgIpc) is 2.19. The van der Waals surface area contributed by atoms with E-state index in [0.717, 1.165) is 13.0 Å². The molecule has 2 radical (unpaired) electrons. The Bertz CT molecular complexity index is 106. The van der Waals surface area contributed by atoms with Gasteiger partial charge in [0, 0.05) is 6.61 Å². The number of rotatable bonds is 6. The van der Waals surface area contributed by atoms with Gasteiger partial charge >= 0.3 is 0 Å². The van der Waals surface area contributed by atoms with Crippen LogP contribution in [0, 0.1) is 12.8 Å². The van der Waals surface area contributed by atoms with Crippen molar-refractivity contribution in [2.45, 2.75) is 58.0 Å². The van der Waals surface area contributed by atoms with E-state index in [-0.39, 0.29) is 0 Å². The lowest BCUT2D eigenvalue weighted by Gasteiger charge is -2.21. The predicted molar refractivity (Wildman–Crippen MR) is 56.3 cm³/mol. The Labute approximate surface area is 82.9 Å². The van der Waals surface area contributed by atoms with Crippen LogP contribution in [0.15, 0.2) is 0 Å². The van der Waals surface area contributed by atoms with Gasteiger partial charge in [-0.2, -0.15) is 0 Å². The molecule has 1 heteroatoms. The molecule has 13 heavy (non-hydrogen) atoms. The second-order valence-electron chi connectivity index (χ2n) is 3.81. The summed E-state index contributed by atoms with van der Waals surface area (Å²) in [5.74, 6) is 0. The molecule has 1 aliphatic rings. The molecule has 0 amide bonds. The molecule has 0 N–H and O–H groups in total. The molecule has 1 unspecified atom stereocenters. The minimum Gasteiger partial charge on any atom is -0.378 e. The molecule has 1 rings (SSSR count). The van der Waals surface area contributed by atoms with Gasteiger partial charge < -0.3 is 4.74 Å². The van der Waals surface area contributed by atoms with Crippen molar-refractivity contribution in [2.75, 3.05) is 6.61 Å². The normalized spacial score (nSPS) is 19.2. The second-order valence-corrected chi connectivity index (χ2v) is 3.81. The van der Waals surface area contributed by atoms with Crippen molar-refractivity contribution in [3.63, 3.8) is 0 Å². The fourth-order valence-corrected chi connectivity index (χ4v) is 1.68. The number of hydrogen-bond acceptors (Lipinski definition) is 1. The SMILES string of the molecule is CCCCCCOC1[CH]CC[CH]C1. The first-order chi connectivity index (χ1) is 6.43. The summed E-state index contributed by atoms with van der Waals surface area (Å²) < 4.78 is 5.74. The topological polar surface area (TPSA) is 9.23 Å². The molecule has 0 aliphatic heterocycles. The van der Waals surface area contributed by atoms with E-state index in [1.165, 1.54) is 38.5 Å². The van der Waals surface area contributed by atoms with E-state index in [1.54, 1.807) is 0 Å². The van der Waals surface area contributed by atoms with Crippen LogP contribution in [-0.2, 0) is 4.74 Å². The minimum absolute atomic E-state index is 0.426. The van der Waals surface area contributed by atoms with E-state index in [2.05, 4.69) is 19.8 Å². The van der Waals surface area contributed by atoms with Crippen LogP contribution in [-0.4, -0.2) is 12.7 Å². The molecule has 1 saturated carbocycles. The molecule has 0 aromatic rings. The highest BCUT2D eigenvalue weighted by Gasteiger charge is 2.13. The Balaban J connectivity index is 1.86. The Kier molecular flexibility index (Phi) is 6.26. The summed E-state index contributed by atoms with van der Waals surface area (Å²) in [6.45, 7) is 3.19. The third kappa shape index (κ3) is 5.30. The quantitative estimate of drug-likeness (QED) is 0.571. The molecular formula is C12H22O. The standard InChI is InChI=1S/C12H22O/c1-2-3-4-8-11-13-12-9-6-5-7-10-12/h6,10,12H,2-5,7-9,11H2,1H3. The van der Waals surface area contributed by atoms with Crippen LogP contribution < -0.4 is 0 Å². The van der Waals surface area contributed by atoms with E-state index in [4.69, 9.17) is 4.74 Å². The van der Waals surface area contributed by atoms with Gasteiger partial charge in [-0.25, -0.2) is 0 Å².